The standard InChI is InChI=1S/C22H22N2O6S/c1-4-15-23(31(28,29)22-14-10-9-13-19(22)24(26)27)20(21(5-2)30-17(3)25)16-18-11-7-6-8-12-18/h2,4,6-14,20-21H,1,15-16H2,3H3/t20-,21-/m1/s1. The Labute approximate surface area is 181 Å². The number of esters is 1. The summed E-state index contributed by atoms with van der Waals surface area (Å²) in [6.07, 6.45) is 5.81. The first kappa shape index (κ1) is 23.8. The maximum absolute atomic E-state index is 13.6. The Hall–Kier alpha value is -3.48. The zero-order valence-corrected chi connectivity index (χ0v) is 17.7. The van der Waals surface area contributed by atoms with Crippen LogP contribution in [0.15, 0.2) is 72.1 Å². The van der Waals surface area contributed by atoms with E-state index in [4.69, 9.17) is 11.2 Å². The largest absolute Gasteiger partial charge is 0.448 e. The van der Waals surface area contributed by atoms with Crippen LogP contribution in [-0.2, 0) is 26.0 Å². The SMILES string of the molecule is C#C[C@@H](OC(C)=O)[C@@H](Cc1ccccc1)N(CC=C)S(=O)(=O)c1ccccc1[N+](=O)[O-]. The van der Waals surface area contributed by atoms with E-state index in [2.05, 4.69) is 12.5 Å². The molecule has 2 aromatic rings. The molecule has 9 heteroatoms. The van der Waals surface area contributed by atoms with Gasteiger partial charge in [-0.05, 0) is 18.1 Å². The van der Waals surface area contributed by atoms with Crippen molar-refractivity contribution < 1.29 is 22.9 Å². The Morgan fingerprint density at radius 2 is 1.87 bits per heavy atom. The van der Waals surface area contributed by atoms with Gasteiger partial charge in [0, 0.05) is 19.5 Å². The van der Waals surface area contributed by atoms with E-state index in [1.54, 1.807) is 30.3 Å². The number of nitrogens with zero attached hydrogens (tertiary/aromatic N) is 2. The van der Waals surface area contributed by atoms with Crippen LogP contribution in [0.5, 0.6) is 0 Å². The van der Waals surface area contributed by atoms with Gasteiger partial charge in [0.2, 0.25) is 0 Å². The van der Waals surface area contributed by atoms with Crippen molar-refractivity contribution in [2.24, 2.45) is 0 Å². The van der Waals surface area contributed by atoms with Crippen molar-refractivity contribution in [2.45, 2.75) is 30.4 Å². The Bertz CT molecular complexity index is 1090. The molecule has 0 aromatic heterocycles. The summed E-state index contributed by atoms with van der Waals surface area (Å²) >= 11 is 0. The number of para-hydroxylation sites is 1. The number of benzene rings is 2. The van der Waals surface area contributed by atoms with E-state index in [0.29, 0.717) is 0 Å². The maximum Gasteiger partial charge on any atom is 0.303 e. The molecule has 2 rings (SSSR count). The molecule has 0 heterocycles. The molecule has 0 aliphatic rings. The number of nitro benzene ring substituents is 1. The molecule has 31 heavy (non-hydrogen) atoms. The Balaban J connectivity index is 2.65. The normalized spacial score (nSPS) is 13.1. The minimum Gasteiger partial charge on any atom is -0.448 e. The summed E-state index contributed by atoms with van der Waals surface area (Å²) in [7, 11) is -4.42. The highest BCUT2D eigenvalue weighted by atomic mass is 32.2. The molecule has 0 spiro atoms. The number of rotatable bonds is 10. The summed E-state index contributed by atoms with van der Waals surface area (Å²) in [6.45, 7) is 4.56. The molecule has 2 atom stereocenters. The fourth-order valence-electron chi connectivity index (χ4n) is 3.11. The van der Waals surface area contributed by atoms with Crippen molar-refractivity contribution in [1.29, 1.82) is 0 Å². The molecule has 0 saturated carbocycles. The van der Waals surface area contributed by atoms with E-state index >= 15 is 0 Å². The lowest BCUT2D eigenvalue weighted by molar-refractivity contribution is -0.387. The van der Waals surface area contributed by atoms with Crippen molar-refractivity contribution in [3.8, 4) is 12.3 Å². The summed E-state index contributed by atoms with van der Waals surface area (Å²) in [5.74, 6) is 1.66. The van der Waals surface area contributed by atoms with Gasteiger partial charge in [-0.3, -0.25) is 14.9 Å². The quantitative estimate of drug-likeness (QED) is 0.184. The highest BCUT2D eigenvalue weighted by Crippen LogP contribution is 2.29. The van der Waals surface area contributed by atoms with Crippen molar-refractivity contribution in [3.63, 3.8) is 0 Å². The fourth-order valence-corrected chi connectivity index (χ4v) is 4.86. The van der Waals surface area contributed by atoms with E-state index in [-0.39, 0.29) is 13.0 Å². The monoisotopic (exact) mass is 442 g/mol. The molecule has 162 valence electrons. The van der Waals surface area contributed by atoms with E-state index < -0.39 is 43.6 Å². The number of carbonyl (C=O) groups is 1. The number of nitro groups is 1. The lowest BCUT2D eigenvalue weighted by Gasteiger charge is -2.33. The van der Waals surface area contributed by atoms with Gasteiger partial charge in [-0.1, -0.05) is 54.5 Å². The Kier molecular flexibility index (Phi) is 8.07. The van der Waals surface area contributed by atoms with Gasteiger partial charge in [0.15, 0.2) is 11.0 Å². The van der Waals surface area contributed by atoms with Gasteiger partial charge in [0.05, 0.1) is 11.0 Å². The number of sulfonamides is 1. The van der Waals surface area contributed by atoms with Crippen molar-refractivity contribution in [2.75, 3.05) is 6.54 Å². The first-order valence-electron chi connectivity index (χ1n) is 9.25. The molecule has 2 aromatic carbocycles. The van der Waals surface area contributed by atoms with Crippen LogP contribution in [0.3, 0.4) is 0 Å². The van der Waals surface area contributed by atoms with Gasteiger partial charge in [-0.2, -0.15) is 4.31 Å². The molecule has 0 bridgehead atoms. The van der Waals surface area contributed by atoms with Crippen LogP contribution < -0.4 is 0 Å². The summed E-state index contributed by atoms with van der Waals surface area (Å²) < 4.78 is 33.3. The molecule has 0 aliphatic carbocycles. The van der Waals surface area contributed by atoms with E-state index in [9.17, 15) is 23.3 Å². The van der Waals surface area contributed by atoms with Crippen LogP contribution in [-0.4, -0.2) is 42.3 Å². The maximum atomic E-state index is 13.6. The number of ether oxygens (including phenoxy) is 1. The second-order valence-corrected chi connectivity index (χ2v) is 8.40. The van der Waals surface area contributed by atoms with E-state index in [1.807, 2.05) is 0 Å². The molecule has 0 aliphatic heterocycles. The van der Waals surface area contributed by atoms with E-state index in [1.165, 1.54) is 18.2 Å². The molecular weight excluding hydrogens is 420 g/mol. The fraction of sp³-hybridized carbons (Fsp3) is 0.227. The molecule has 0 radical (unpaired) electrons. The van der Waals surface area contributed by atoms with Crippen LogP contribution in [0, 0.1) is 22.5 Å². The molecule has 0 fully saturated rings. The predicted molar refractivity (Wildman–Crippen MR) is 116 cm³/mol. The third-order valence-corrected chi connectivity index (χ3v) is 6.36. The third kappa shape index (κ3) is 5.78. The first-order valence-corrected chi connectivity index (χ1v) is 10.7. The molecule has 8 nitrogen and oxygen atoms in total. The van der Waals surface area contributed by atoms with Crippen LogP contribution in [0.4, 0.5) is 5.69 Å². The number of hydrogen-bond donors (Lipinski definition) is 0. The lowest BCUT2D eigenvalue weighted by Crippen LogP contribution is -2.49. The van der Waals surface area contributed by atoms with Gasteiger partial charge < -0.3 is 4.74 Å². The summed E-state index contributed by atoms with van der Waals surface area (Å²) in [5, 5.41) is 11.4. The first-order chi connectivity index (χ1) is 14.7. The zero-order chi connectivity index (χ0) is 23.0. The summed E-state index contributed by atoms with van der Waals surface area (Å²) in [4.78, 5) is 21.8. The predicted octanol–water partition coefficient (Wildman–Crippen LogP) is 2.95. The number of carbonyl (C=O) groups excluding carboxylic acids is 1. The van der Waals surface area contributed by atoms with Crippen LogP contribution >= 0.6 is 0 Å². The van der Waals surface area contributed by atoms with Crippen LogP contribution in [0.25, 0.3) is 0 Å². The Morgan fingerprint density at radius 1 is 1.26 bits per heavy atom. The average molecular weight is 442 g/mol. The topological polar surface area (TPSA) is 107 Å². The van der Waals surface area contributed by atoms with Gasteiger partial charge in [0.25, 0.3) is 15.7 Å². The summed E-state index contributed by atoms with van der Waals surface area (Å²) in [6, 6.07) is 12.9. The number of hydrogen-bond acceptors (Lipinski definition) is 6. The number of terminal acetylenes is 1. The minimum atomic E-state index is -4.42. The molecular formula is C22H22N2O6S. The third-order valence-electron chi connectivity index (χ3n) is 4.42. The second-order valence-electron chi connectivity index (χ2n) is 6.54. The highest BCUT2D eigenvalue weighted by molar-refractivity contribution is 7.89. The zero-order valence-electron chi connectivity index (χ0n) is 16.9. The smallest absolute Gasteiger partial charge is 0.303 e. The van der Waals surface area contributed by atoms with Crippen molar-refractivity contribution in [1.82, 2.24) is 4.31 Å². The molecule has 0 saturated heterocycles. The minimum absolute atomic E-state index is 0.108. The second kappa shape index (κ2) is 10.5. The lowest BCUT2D eigenvalue weighted by atomic mass is 10.0. The average Bonchev–Trinajstić information content (AvgIpc) is 2.75. The molecule has 0 unspecified atom stereocenters. The molecule has 0 N–H and O–H groups in total. The highest BCUT2D eigenvalue weighted by Gasteiger charge is 2.39. The van der Waals surface area contributed by atoms with Gasteiger partial charge in [0.1, 0.15) is 0 Å². The van der Waals surface area contributed by atoms with Crippen LogP contribution in [0.1, 0.15) is 12.5 Å². The van der Waals surface area contributed by atoms with Gasteiger partial charge in [-0.25, -0.2) is 8.42 Å². The molecule has 0 amide bonds. The van der Waals surface area contributed by atoms with Crippen LogP contribution in [0.2, 0.25) is 0 Å². The van der Waals surface area contributed by atoms with Crippen molar-refractivity contribution >= 4 is 21.7 Å². The summed E-state index contributed by atoms with van der Waals surface area (Å²) in [5.41, 5.74) is 0.173. The van der Waals surface area contributed by atoms with Crippen molar-refractivity contribution in [3.05, 3.63) is 82.9 Å². The Morgan fingerprint density at radius 3 is 2.42 bits per heavy atom. The van der Waals surface area contributed by atoms with Gasteiger partial charge >= 0.3 is 5.97 Å². The van der Waals surface area contributed by atoms with E-state index in [0.717, 1.165) is 28.9 Å². The van der Waals surface area contributed by atoms with Gasteiger partial charge in [-0.15, -0.1) is 13.0 Å².